The largest absolute Gasteiger partial charge is 0.393 e. The van der Waals surface area contributed by atoms with Crippen LogP contribution in [0.5, 0.6) is 0 Å². The highest BCUT2D eigenvalue weighted by Gasteiger charge is 2.12. The molecule has 5 nitrogen and oxygen atoms in total. The topological polar surface area (TPSA) is 75.9 Å². The van der Waals surface area contributed by atoms with Crippen LogP contribution in [0.1, 0.15) is 18.5 Å². The predicted octanol–water partition coefficient (Wildman–Crippen LogP) is 4.74. The Morgan fingerprint density at radius 2 is 1.62 bits per heavy atom. The Hall–Kier alpha value is -2.60. The lowest BCUT2D eigenvalue weighted by molar-refractivity contribution is 0.873. The first-order chi connectivity index (χ1) is 11.6. The van der Waals surface area contributed by atoms with Crippen molar-refractivity contribution in [1.29, 1.82) is 0 Å². The maximum atomic E-state index is 6.24. The molecule has 24 heavy (non-hydrogen) atoms. The van der Waals surface area contributed by atoms with Gasteiger partial charge in [-0.2, -0.15) is 0 Å². The average Bonchev–Trinajstić information content (AvgIpc) is 2.61. The molecule has 1 heterocycles. The van der Waals surface area contributed by atoms with Gasteiger partial charge in [0.1, 0.15) is 12.0 Å². The molecule has 122 valence electrons. The van der Waals surface area contributed by atoms with E-state index in [1.807, 2.05) is 42.5 Å². The number of nitrogens with one attached hydrogen (secondary N) is 2. The molecule has 0 amide bonds. The van der Waals surface area contributed by atoms with Gasteiger partial charge < -0.3 is 16.4 Å². The molecule has 6 heteroatoms. The van der Waals surface area contributed by atoms with E-state index < -0.39 is 0 Å². The lowest BCUT2D eigenvalue weighted by Crippen LogP contribution is -2.11. The summed E-state index contributed by atoms with van der Waals surface area (Å²) in [6.45, 7) is 2.07. The van der Waals surface area contributed by atoms with Crippen LogP contribution in [0.3, 0.4) is 0 Å². The molecule has 1 atom stereocenters. The van der Waals surface area contributed by atoms with Gasteiger partial charge in [0.05, 0.1) is 11.7 Å². The van der Waals surface area contributed by atoms with Crippen molar-refractivity contribution in [1.82, 2.24) is 9.97 Å². The fourth-order valence-corrected chi connectivity index (χ4v) is 2.71. The first-order valence-electron chi connectivity index (χ1n) is 7.58. The van der Waals surface area contributed by atoms with Crippen molar-refractivity contribution in [2.24, 2.45) is 0 Å². The minimum Gasteiger partial charge on any atom is -0.393 e. The van der Waals surface area contributed by atoms with E-state index >= 15 is 0 Å². The molecular weight excluding hydrogens is 366 g/mol. The summed E-state index contributed by atoms with van der Waals surface area (Å²) in [6.07, 6.45) is 1.50. The number of halogens is 1. The van der Waals surface area contributed by atoms with Gasteiger partial charge >= 0.3 is 0 Å². The van der Waals surface area contributed by atoms with Gasteiger partial charge in [0.25, 0.3) is 0 Å². The maximum absolute atomic E-state index is 6.24. The molecule has 0 aliphatic carbocycles. The molecule has 4 N–H and O–H groups in total. The van der Waals surface area contributed by atoms with Gasteiger partial charge in [-0.1, -0.05) is 42.5 Å². The number of hydrogen-bond donors (Lipinski definition) is 3. The van der Waals surface area contributed by atoms with Crippen LogP contribution in [0.15, 0.2) is 65.4 Å². The normalized spacial score (nSPS) is 11.8. The third-order valence-corrected chi connectivity index (χ3v) is 4.36. The number of hydrogen-bond acceptors (Lipinski definition) is 5. The molecule has 2 aromatic carbocycles. The quantitative estimate of drug-likeness (QED) is 0.593. The lowest BCUT2D eigenvalue weighted by atomic mass is 10.1. The fraction of sp³-hybridized carbons (Fsp3) is 0.111. The van der Waals surface area contributed by atoms with Crippen LogP contribution in [-0.4, -0.2) is 9.97 Å². The molecule has 0 aliphatic rings. The van der Waals surface area contributed by atoms with E-state index in [-0.39, 0.29) is 6.04 Å². The van der Waals surface area contributed by atoms with Crippen molar-refractivity contribution in [3.05, 3.63) is 71.0 Å². The first kappa shape index (κ1) is 16.3. The molecule has 0 fully saturated rings. The Balaban J connectivity index is 1.82. The van der Waals surface area contributed by atoms with Crippen LogP contribution in [0.4, 0.5) is 23.0 Å². The molecule has 0 saturated carbocycles. The zero-order chi connectivity index (χ0) is 16.9. The van der Waals surface area contributed by atoms with Gasteiger partial charge in [-0.15, -0.1) is 0 Å². The molecule has 0 spiro atoms. The molecule has 3 aromatic rings. The number of nitrogen functional groups attached to an aromatic ring is 1. The number of rotatable bonds is 5. The van der Waals surface area contributed by atoms with E-state index in [9.17, 15) is 0 Å². The van der Waals surface area contributed by atoms with Gasteiger partial charge in [-0.3, -0.25) is 0 Å². The Labute approximate surface area is 149 Å². The highest BCUT2D eigenvalue weighted by molar-refractivity contribution is 9.10. The van der Waals surface area contributed by atoms with Crippen LogP contribution in [-0.2, 0) is 0 Å². The number of aromatic nitrogens is 2. The van der Waals surface area contributed by atoms with Gasteiger partial charge in [0, 0.05) is 4.47 Å². The Morgan fingerprint density at radius 3 is 2.38 bits per heavy atom. The van der Waals surface area contributed by atoms with Crippen LogP contribution in [0.25, 0.3) is 0 Å². The van der Waals surface area contributed by atoms with E-state index in [0.717, 1.165) is 15.7 Å². The predicted molar refractivity (Wildman–Crippen MR) is 102 cm³/mol. The third kappa shape index (κ3) is 3.65. The van der Waals surface area contributed by atoms with Crippen molar-refractivity contribution in [2.75, 3.05) is 16.4 Å². The smallest absolute Gasteiger partial charge is 0.159 e. The van der Waals surface area contributed by atoms with Crippen LogP contribution >= 0.6 is 15.9 Å². The standard InChI is InChI=1S/C18H18BrN5/c1-12(13-7-3-2-4-8-13)23-17-16(20)18(22-11-21-17)24-15-10-6-5-9-14(15)19/h2-12H,20H2,1H3,(H2,21,22,23,24). The van der Waals surface area contributed by atoms with E-state index in [0.29, 0.717) is 17.3 Å². The minimum absolute atomic E-state index is 0.0831. The summed E-state index contributed by atoms with van der Waals surface area (Å²) in [4.78, 5) is 8.52. The van der Waals surface area contributed by atoms with E-state index in [1.54, 1.807) is 0 Å². The second-order valence-electron chi connectivity index (χ2n) is 5.37. The lowest BCUT2D eigenvalue weighted by Gasteiger charge is -2.18. The van der Waals surface area contributed by atoms with Gasteiger partial charge in [0.2, 0.25) is 0 Å². The zero-order valence-corrected chi connectivity index (χ0v) is 14.8. The molecular formula is C18H18BrN5. The fourth-order valence-electron chi connectivity index (χ4n) is 2.33. The second kappa shape index (κ2) is 7.31. The third-order valence-electron chi connectivity index (χ3n) is 3.66. The number of para-hydroxylation sites is 1. The summed E-state index contributed by atoms with van der Waals surface area (Å²) in [6, 6.07) is 18.0. The van der Waals surface area contributed by atoms with E-state index in [1.165, 1.54) is 6.33 Å². The molecule has 0 aliphatic heterocycles. The minimum atomic E-state index is 0.0831. The molecule has 0 saturated heterocycles. The summed E-state index contributed by atoms with van der Waals surface area (Å²) < 4.78 is 0.940. The van der Waals surface area contributed by atoms with Crippen molar-refractivity contribution in [3.8, 4) is 0 Å². The highest BCUT2D eigenvalue weighted by Crippen LogP contribution is 2.31. The molecule has 3 rings (SSSR count). The van der Waals surface area contributed by atoms with Crippen molar-refractivity contribution in [3.63, 3.8) is 0 Å². The summed E-state index contributed by atoms with van der Waals surface area (Å²) in [5.41, 5.74) is 8.78. The molecule has 0 bridgehead atoms. The van der Waals surface area contributed by atoms with E-state index in [4.69, 9.17) is 5.73 Å². The highest BCUT2D eigenvalue weighted by atomic mass is 79.9. The maximum Gasteiger partial charge on any atom is 0.159 e. The monoisotopic (exact) mass is 383 g/mol. The van der Waals surface area contributed by atoms with Crippen LogP contribution < -0.4 is 16.4 Å². The second-order valence-corrected chi connectivity index (χ2v) is 6.22. The number of nitrogens with zero attached hydrogens (tertiary/aromatic N) is 2. The van der Waals surface area contributed by atoms with Crippen molar-refractivity contribution < 1.29 is 0 Å². The van der Waals surface area contributed by atoms with Crippen LogP contribution in [0.2, 0.25) is 0 Å². The number of nitrogens with two attached hydrogens (primary N) is 1. The summed E-state index contributed by atoms with van der Waals surface area (Å²) in [5.74, 6) is 1.18. The zero-order valence-electron chi connectivity index (χ0n) is 13.2. The Bertz CT molecular complexity index is 823. The first-order valence-corrected chi connectivity index (χ1v) is 8.38. The number of benzene rings is 2. The van der Waals surface area contributed by atoms with Gasteiger partial charge in [-0.05, 0) is 40.5 Å². The van der Waals surface area contributed by atoms with E-state index in [2.05, 4.69) is 55.6 Å². The van der Waals surface area contributed by atoms with Crippen LogP contribution in [0, 0.1) is 0 Å². The summed E-state index contributed by atoms with van der Waals surface area (Å²) in [7, 11) is 0. The molecule has 1 unspecified atom stereocenters. The Kier molecular flexibility index (Phi) is 4.96. The molecule has 1 aromatic heterocycles. The SMILES string of the molecule is CC(Nc1ncnc(Nc2ccccc2Br)c1N)c1ccccc1. The summed E-state index contributed by atoms with van der Waals surface area (Å²) in [5, 5.41) is 6.57. The summed E-state index contributed by atoms with van der Waals surface area (Å²) >= 11 is 3.51. The Morgan fingerprint density at radius 1 is 0.958 bits per heavy atom. The average molecular weight is 384 g/mol. The van der Waals surface area contributed by atoms with Crippen molar-refractivity contribution >= 4 is 38.9 Å². The van der Waals surface area contributed by atoms with Crippen molar-refractivity contribution in [2.45, 2.75) is 13.0 Å². The van der Waals surface area contributed by atoms with Gasteiger partial charge in [0.15, 0.2) is 11.6 Å². The number of anilines is 4. The van der Waals surface area contributed by atoms with Gasteiger partial charge in [-0.25, -0.2) is 9.97 Å². The molecule has 0 radical (unpaired) electrons.